The highest BCUT2D eigenvalue weighted by Crippen LogP contribution is 2.25. The Hall–Kier alpha value is -1.38. The summed E-state index contributed by atoms with van der Waals surface area (Å²) in [5.41, 5.74) is -1.12. The molecule has 0 saturated heterocycles. The molecule has 1 aliphatic carbocycles. The Morgan fingerprint density at radius 1 is 1.83 bits per heavy atom. The highest BCUT2D eigenvalue weighted by molar-refractivity contribution is 6.02. The molecule has 0 aromatic heterocycles. The summed E-state index contributed by atoms with van der Waals surface area (Å²) in [6.07, 6.45) is 4.85. The fourth-order valence-electron chi connectivity index (χ4n) is 1.16. The van der Waals surface area contributed by atoms with Crippen molar-refractivity contribution in [2.75, 3.05) is 0 Å². The van der Waals surface area contributed by atoms with Gasteiger partial charge in [-0.3, -0.25) is 9.59 Å². The summed E-state index contributed by atoms with van der Waals surface area (Å²) in [6, 6.07) is 0. The van der Waals surface area contributed by atoms with Gasteiger partial charge in [0.25, 0.3) is 0 Å². The second-order valence-electron chi connectivity index (χ2n) is 2.66. The third-order valence-corrected chi connectivity index (χ3v) is 1.76. The fourth-order valence-corrected chi connectivity index (χ4v) is 1.16. The van der Waals surface area contributed by atoms with Crippen molar-refractivity contribution in [2.24, 2.45) is 0 Å². The molecule has 0 aromatic rings. The molecule has 0 N–H and O–H groups in total. The molecule has 1 aliphatic rings. The lowest BCUT2D eigenvalue weighted by molar-refractivity contribution is -0.157. The minimum atomic E-state index is -1.12. The Morgan fingerprint density at radius 2 is 2.50 bits per heavy atom. The van der Waals surface area contributed by atoms with Crippen molar-refractivity contribution in [3.05, 3.63) is 24.8 Å². The van der Waals surface area contributed by atoms with Gasteiger partial charge in [0.15, 0.2) is 5.60 Å². The van der Waals surface area contributed by atoms with Gasteiger partial charge in [-0.2, -0.15) is 0 Å². The van der Waals surface area contributed by atoms with Crippen molar-refractivity contribution < 1.29 is 14.3 Å². The number of rotatable bonds is 2. The lowest BCUT2D eigenvalue weighted by Gasteiger charge is -2.22. The summed E-state index contributed by atoms with van der Waals surface area (Å²) >= 11 is 0. The van der Waals surface area contributed by atoms with Crippen LogP contribution in [0.25, 0.3) is 0 Å². The van der Waals surface area contributed by atoms with E-state index in [0.29, 0.717) is 6.42 Å². The van der Waals surface area contributed by atoms with Crippen LogP contribution in [-0.2, 0) is 14.3 Å². The van der Waals surface area contributed by atoms with Gasteiger partial charge in [-0.25, -0.2) is 0 Å². The van der Waals surface area contributed by atoms with Crippen molar-refractivity contribution in [1.29, 1.82) is 0 Å². The van der Waals surface area contributed by atoms with Crippen molar-refractivity contribution >= 4 is 11.8 Å². The van der Waals surface area contributed by atoms with Crippen LogP contribution in [0.2, 0.25) is 0 Å². The first-order valence-electron chi connectivity index (χ1n) is 3.65. The highest BCUT2D eigenvalue weighted by atomic mass is 16.6. The van der Waals surface area contributed by atoms with E-state index in [-0.39, 0.29) is 5.78 Å². The summed E-state index contributed by atoms with van der Waals surface area (Å²) in [5, 5.41) is 0. The number of esters is 1. The molecule has 1 rings (SSSR count). The van der Waals surface area contributed by atoms with Crippen molar-refractivity contribution in [2.45, 2.75) is 18.9 Å². The van der Waals surface area contributed by atoms with Crippen LogP contribution >= 0.6 is 0 Å². The predicted octanol–water partition coefficient (Wildman–Crippen LogP) is 1.00. The molecule has 0 saturated carbocycles. The van der Waals surface area contributed by atoms with Crippen molar-refractivity contribution in [1.82, 2.24) is 0 Å². The van der Waals surface area contributed by atoms with E-state index in [1.807, 2.05) is 0 Å². The van der Waals surface area contributed by atoms with Crippen LogP contribution in [0.1, 0.15) is 13.3 Å². The maximum absolute atomic E-state index is 11.2. The first-order chi connectivity index (χ1) is 5.60. The summed E-state index contributed by atoms with van der Waals surface area (Å²) in [4.78, 5) is 21.9. The minimum Gasteiger partial charge on any atom is -0.446 e. The Kier molecular flexibility index (Phi) is 2.13. The van der Waals surface area contributed by atoms with Gasteiger partial charge >= 0.3 is 5.97 Å². The maximum Gasteiger partial charge on any atom is 0.303 e. The van der Waals surface area contributed by atoms with Crippen LogP contribution in [0.4, 0.5) is 0 Å². The molecule has 0 bridgehead atoms. The molecule has 0 heterocycles. The molecule has 64 valence electrons. The van der Waals surface area contributed by atoms with E-state index >= 15 is 0 Å². The van der Waals surface area contributed by atoms with Gasteiger partial charge in [0.1, 0.15) is 0 Å². The van der Waals surface area contributed by atoms with Crippen molar-refractivity contribution in [3.63, 3.8) is 0 Å². The molecule has 1 unspecified atom stereocenters. The lowest BCUT2D eigenvalue weighted by Crippen LogP contribution is -2.36. The number of hydrogen-bond acceptors (Lipinski definition) is 3. The molecule has 12 heavy (non-hydrogen) atoms. The van der Waals surface area contributed by atoms with Crippen LogP contribution in [0.5, 0.6) is 0 Å². The van der Waals surface area contributed by atoms with Gasteiger partial charge in [-0.1, -0.05) is 12.7 Å². The van der Waals surface area contributed by atoms with Crippen LogP contribution < -0.4 is 0 Å². The second kappa shape index (κ2) is 2.93. The third-order valence-electron chi connectivity index (χ3n) is 1.76. The van der Waals surface area contributed by atoms with Gasteiger partial charge in [-0.05, 0) is 12.2 Å². The summed E-state index contributed by atoms with van der Waals surface area (Å²) in [5.74, 6) is -0.681. The van der Waals surface area contributed by atoms with Crippen LogP contribution in [0.3, 0.4) is 0 Å². The smallest absolute Gasteiger partial charge is 0.303 e. The third kappa shape index (κ3) is 1.30. The average molecular weight is 166 g/mol. The van der Waals surface area contributed by atoms with Crippen LogP contribution in [0, 0.1) is 0 Å². The summed E-state index contributed by atoms with van der Waals surface area (Å²) in [7, 11) is 0. The van der Waals surface area contributed by atoms with E-state index in [1.54, 1.807) is 6.08 Å². The molecule has 0 fully saturated rings. The second-order valence-corrected chi connectivity index (χ2v) is 2.66. The maximum atomic E-state index is 11.2. The number of ketones is 1. The average Bonchev–Trinajstić information content (AvgIpc) is 2.32. The van der Waals surface area contributed by atoms with E-state index < -0.39 is 11.6 Å². The molecule has 0 aromatic carbocycles. The molecular weight excluding hydrogens is 156 g/mol. The van der Waals surface area contributed by atoms with Gasteiger partial charge in [0, 0.05) is 13.3 Å². The van der Waals surface area contributed by atoms with Crippen molar-refractivity contribution in [3.8, 4) is 0 Å². The van der Waals surface area contributed by atoms with E-state index in [0.717, 1.165) is 0 Å². The van der Waals surface area contributed by atoms with E-state index in [4.69, 9.17) is 4.74 Å². The monoisotopic (exact) mass is 166 g/mol. The predicted molar refractivity (Wildman–Crippen MR) is 43.5 cm³/mol. The highest BCUT2D eigenvalue weighted by Gasteiger charge is 2.39. The molecular formula is C9H10O3. The molecule has 3 nitrogen and oxygen atoms in total. The van der Waals surface area contributed by atoms with Crippen LogP contribution in [0.15, 0.2) is 24.8 Å². The lowest BCUT2D eigenvalue weighted by atomic mass is 10.0. The topological polar surface area (TPSA) is 43.4 Å². The Bertz CT molecular complexity index is 265. The van der Waals surface area contributed by atoms with Gasteiger partial charge in [0.05, 0.1) is 0 Å². The van der Waals surface area contributed by atoms with E-state index in [9.17, 15) is 9.59 Å². The summed E-state index contributed by atoms with van der Waals surface area (Å²) < 4.78 is 4.89. The number of ether oxygens (including phenoxy) is 1. The fraction of sp³-hybridized carbons (Fsp3) is 0.333. The van der Waals surface area contributed by atoms with E-state index in [2.05, 4.69) is 6.58 Å². The Labute approximate surface area is 70.7 Å². The zero-order chi connectivity index (χ0) is 9.19. The SMILES string of the molecule is C=CC1(OC(C)=O)CC=CC1=O. The molecule has 0 amide bonds. The quantitative estimate of drug-likeness (QED) is 0.454. The van der Waals surface area contributed by atoms with Gasteiger partial charge < -0.3 is 4.74 Å². The summed E-state index contributed by atoms with van der Waals surface area (Å²) in [6.45, 7) is 4.75. The first-order valence-corrected chi connectivity index (χ1v) is 3.65. The number of carbonyl (C=O) groups is 2. The van der Waals surface area contributed by atoms with Gasteiger partial charge in [0.2, 0.25) is 5.78 Å². The molecule has 0 spiro atoms. The largest absolute Gasteiger partial charge is 0.446 e. The van der Waals surface area contributed by atoms with Crippen LogP contribution in [-0.4, -0.2) is 17.4 Å². The molecule has 3 heteroatoms. The molecule has 0 radical (unpaired) electrons. The first kappa shape index (κ1) is 8.71. The van der Waals surface area contributed by atoms with Gasteiger partial charge in [-0.15, -0.1) is 0 Å². The minimum absolute atomic E-state index is 0.215. The number of hydrogen-bond donors (Lipinski definition) is 0. The van der Waals surface area contributed by atoms with E-state index in [1.165, 1.54) is 19.1 Å². The molecule has 1 atom stereocenters. The Balaban J connectivity index is 2.84. The zero-order valence-electron chi connectivity index (χ0n) is 6.87. The normalized spacial score (nSPS) is 27.2. The molecule has 0 aliphatic heterocycles. The number of carbonyl (C=O) groups excluding carboxylic acids is 2. The zero-order valence-corrected chi connectivity index (χ0v) is 6.87. The standard InChI is InChI=1S/C9H10O3/c1-3-9(12-7(2)10)6-4-5-8(9)11/h3-5H,1,6H2,2H3. The Morgan fingerprint density at radius 3 is 2.83 bits per heavy atom.